The molecule has 1 unspecified atom stereocenters. The molecule has 0 saturated carbocycles. The highest BCUT2D eigenvalue weighted by atomic mass is 32.1. The molecule has 7 heteroatoms. The largest absolute Gasteiger partial charge is 0.449 e. The summed E-state index contributed by atoms with van der Waals surface area (Å²) in [6.07, 6.45) is -1.00. The summed E-state index contributed by atoms with van der Waals surface area (Å²) in [7, 11) is 0. The van der Waals surface area contributed by atoms with E-state index in [0.29, 0.717) is 11.4 Å². The quantitative estimate of drug-likeness (QED) is 0.321. The third-order valence-corrected chi connectivity index (χ3v) is 6.51. The van der Waals surface area contributed by atoms with E-state index in [2.05, 4.69) is 10.3 Å². The lowest BCUT2D eigenvalue weighted by atomic mass is 9.99. The fourth-order valence-corrected chi connectivity index (χ4v) is 4.79. The molecule has 0 aliphatic rings. The molecule has 3 aromatic carbocycles. The predicted octanol–water partition coefficient (Wildman–Crippen LogP) is 6.00. The topological polar surface area (TPSA) is 81.2 Å². The molecule has 5 rings (SSSR count). The van der Waals surface area contributed by atoms with E-state index in [1.54, 1.807) is 36.5 Å². The van der Waals surface area contributed by atoms with Crippen LogP contribution < -0.4 is 5.32 Å². The van der Waals surface area contributed by atoms with E-state index in [-0.39, 0.29) is 0 Å². The maximum absolute atomic E-state index is 13.2. The lowest BCUT2D eigenvalue weighted by Gasteiger charge is -2.15. The molecule has 0 saturated heterocycles. The van der Waals surface area contributed by atoms with Gasteiger partial charge >= 0.3 is 5.97 Å². The number of nitrogens with zero attached hydrogens (tertiary/aromatic N) is 2. The van der Waals surface area contributed by atoms with Crippen molar-refractivity contribution >= 4 is 50.0 Å². The Bertz CT molecular complexity index is 1500. The monoisotopic (exact) mass is 467 g/mol. The number of pyridine rings is 1. The number of aromatic nitrogens is 2. The number of para-hydroxylation sites is 1. The number of anilines is 1. The van der Waals surface area contributed by atoms with Crippen LogP contribution in [0.1, 0.15) is 23.0 Å². The van der Waals surface area contributed by atoms with E-state index in [1.165, 1.54) is 0 Å². The molecular formula is C27H21N3O3S. The van der Waals surface area contributed by atoms with E-state index in [0.717, 1.165) is 37.3 Å². The van der Waals surface area contributed by atoms with Crippen LogP contribution in [-0.4, -0.2) is 27.9 Å². The molecular weight excluding hydrogens is 446 g/mol. The third kappa shape index (κ3) is 4.25. The lowest BCUT2D eigenvalue weighted by Crippen LogP contribution is -2.30. The van der Waals surface area contributed by atoms with E-state index < -0.39 is 18.0 Å². The van der Waals surface area contributed by atoms with Crippen LogP contribution in [-0.2, 0) is 9.53 Å². The van der Waals surface area contributed by atoms with Gasteiger partial charge in [0.1, 0.15) is 10.8 Å². The van der Waals surface area contributed by atoms with Crippen molar-refractivity contribution in [1.29, 1.82) is 0 Å². The van der Waals surface area contributed by atoms with Gasteiger partial charge in [0.25, 0.3) is 5.91 Å². The molecule has 0 aliphatic heterocycles. The van der Waals surface area contributed by atoms with Gasteiger partial charge in [0.2, 0.25) is 0 Å². The number of carbonyl (C=O) groups is 2. The van der Waals surface area contributed by atoms with Crippen molar-refractivity contribution < 1.29 is 14.3 Å². The minimum atomic E-state index is -1.00. The normalized spacial score (nSPS) is 11.9. The number of thiazole rings is 1. The van der Waals surface area contributed by atoms with Crippen molar-refractivity contribution in [2.75, 3.05) is 5.32 Å². The van der Waals surface area contributed by atoms with Crippen molar-refractivity contribution in [2.24, 2.45) is 0 Å². The molecule has 5 aromatic rings. The Morgan fingerprint density at radius 2 is 1.68 bits per heavy atom. The van der Waals surface area contributed by atoms with Crippen LogP contribution in [0.4, 0.5) is 5.82 Å². The highest BCUT2D eigenvalue weighted by Gasteiger charge is 2.22. The summed E-state index contributed by atoms with van der Waals surface area (Å²) < 4.78 is 6.64. The lowest BCUT2D eigenvalue weighted by molar-refractivity contribution is -0.123. The number of rotatable bonds is 5. The van der Waals surface area contributed by atoms with Crippen LogP contribution in [0.3, 0.4) is 0 Å². The molecule has 0 aliphatic carbocycles. The minimum Gasteiger partial charge on any atom is -0.449 e. The van der Waals surface area contributed by atoms with Gasteiger partial charge in [0.05, 0.1) is 15.8 Å². The molecule has 0 spiro atoms. The molecule has 6 nitrogen and oxygen atoms in total. The van der Waals surface area contributed by atoms with Gasteiger partial charge in [-0.1, -0.05) is 48.5 Å². The summed E-state index contributed by atoms with van der Waals surface area (Å²) in [6.45, 7) is 3.38. The molecule has 1 N–H and O–H groups in total. The smallest absolute Gasteiger partial charge is 0.339 e. The second-order valence-corrected chi connectivity index (χ2v) is 8.93. The number of fused-ring (bicyclic) bond motifs is 2. The molecule has 1 atom stereocenters. The van der Waals surface area contributed by atoms with Gasteiger partial charge in [-0.25, -0.2) is 14.8 Å². The Morgan fingerprint density at radius 3 is 2.47 bits per heavy atom. The number of aryl methyl sites for hydroxylation is 1. The Morgan fingerprint density at radius 1 is 0.912 bits per heavy atom. The van der Waals surface area contributed by atoms with Gasteiger partial charge in [0, 0.05) is 16.6 Å². The van der Waals surface area contributed by atoms with Crippen molar-refractivity contribution in [3.8, 4) is 10.6 Å². The number of ether oxygens (including phenoxy) is 1. The Kier molecular flexibility index (Phi) is 5.77. The summed E-state index contributed by atoms with van der Waals surface area (Å²) in [6, 6.07) is 24.6. The number of nitrogens with one attached hydrogen (secondary N) is 1. The Hall–Kier alpha value is -4.10. The summed E-state index contributed by atoms with van der Waals surface area (Å²) in [4.78, 5) is 34.8. The van der Waals surface area contributed by atoms with Gasteiger partial charge in [-0.2, -0.15) is 0 Å². The zero-order chi connectivity index (χ0) is 23.7. The number of carbonyl (C=O) groups excluding carboxylic acids is 2. The average Bonchev–Trinajstić information content (AvgIpc) is 3.27. The number of hydrogen-bond acceptors (Lipinski definition) is 6. The van der Waals surface area contributed by atoms with Crippen molar-refractivity contribution in [3.05, 3.63) is 90.1 Å². The zero-order valence-corrected chi connectivity index (χ0v) is 19.4. The number of esters is 1. The molecule has 2 aromatic heterocycles. The maximum atomic E-state index is 13.2. The molecule has 2 heterocycles. The molecule has 0 radical (unpaired) electrons. The van der Waals surface area contributed by atoms with Gasteiger partial charge in [-0.05, 0) is 49.6 Å². The van der Waals surface area contributed by atoms with Crippen LogP contribution in [0.15, 0.2) is 78.9 Å². The number of benzene rings is 3. The van der Waals surface area contributed by atoms with Crippen LogP contribution in [0.2, 0.25) is 0 Å². The van der Waals surface area contributed by atoms with Crippen LogP contribution in [0.25, 0.3) is 31.6 Å². The Balaban J connectivity index is 1.46. The van der Waals surface area contributed by atoms with Crippen LogP contribution in [0.5, 0.6) is 0 Å². The van der Waals surface area contributed by atoms with Gasteiger partial charge < -0.3 is 10.1 Å². The van der Waals surface area contributed by atoms with Crippen LogP contribution >= 0.6 is 11.3 Å². The van der Waals surface area contributed by atoms with Crippen molar-refractivity contribution in [2.45, 2.75) is 20.0 Å². The van der Waals surface area contributed by atoms with E-state index in [1.807, 2.05) is 67.6 Å². The molecule has 1 amide bonds. The first-order valence-corrected chi connectivity index (χ1v) is 11.6. The van der Waals surface area contributed by atoms with Gasteiger partial charge in [-0.15, -0.1) is 11.3 Å². The molecule has 168 valence electrons. The molecule has 34 heavy (non-hydrogen) atoms. The summed E-state index contributed by atoms with van der Waals surface area (Å²) in [5.41, 5.74) is 2.93. The number of hydrogen-bond donors (Lipinski definition) is 1. The minimum absolute atomic E-state index is 0.390. The fourth-order valence-electron chi connectivity index (χ4n) is 3.79. The highest BCUT2D eigenvalue weighted by molar-refractivity contribution is 7.21. The number of amides is 1. The van der Waals surface area contributed by atoms with Gasteiger partial charge in [-0.3, -0.25) is 4.79 Å². The first-order valence-electron chi connectivity index (χ1n) is 10.8. The summed E-state index contributed by atoms with van der Waals surface area (Å²) in [5, 5.41) is 5.16. The average molecular weight is 468 g/mol. The first kappa shape index (κ1) is 21.7. The van der Waals surface area contributed by atoms with E-state index >= 15 is 0 Å². The summed E-state index contributed by atoms with van der Waals surface area (Å²) >= 11 is 1.57. The highest BCUT2D eigenvalue weighted by Crippen LogP contribution is 2.36. The molecule has 0 bridgehead atoms. The zero-order valence-electron chi connectivity index (χ0n) is 18.6. The van der Waals surface area contributed by atoms with Crippen molar-refractivity contribution in [1.82, 2.24) is 9.97 Å². The van der Waals surface area contributed by atoms with E-state index in [4.69, 9.17) is 9.72 Å². The van der Waals surface area contributed by atoms with Crippen molar-refractivity contribution in [3.63, 3.8) is 0 Å². The SMILES string of the molecule is Cc1cccc(NC(=O)C(C)OC(=O)c2cccc3cccc(-c4nc5ccccc5s4)c23)n1. The first-order chi connectivity index (χ1) is 16.5. The maximum Gasteiger partial charge on any atom is 0.339 e. The molecule has 0 fully saturated rings. The third-order valence-electron chi connectivity index (χ3n) is 5.44. The van der Waals surface area contributed by atoms with Crippen LogP contribution in [0, 0.1) is 6.92 Å². The fraction of sp³-hybridized carbons (Fsp3) is 0.111. The summed E-state index contributed by atoms with van der Waals surface area (Å²) in [5.74, 6) is -0.603. The predicted molar refractivity (Wildman–Crippen MR) is 135 cm³/mol. The second-order valence-electron chi connectivity index (χ2n) is 7.90. The Labute approximate surface area is 200 Å². The van der Waals surface area contributed by atoms with E-state index in [9.17, 15) is 9.59 Å². The second kappa shape index (κ2) is 9.03. The van der Waals surface area contributed by atoms with Gasteiger partial charge in [0.15, 0.2) is 6.10 Å². The standard InChI is InChI=1S/C27H21N3O3S/c1-16-8-5-15-23(28-16)30-25(31)17(2)33-27(32)20-12-7-10-18-9-6-11-19(24(18)20)26-29-21-13-3-4-14-22(21)34-26/h3-15,17H,1-2H3,(H,28,30,31).